The number of carbonyl (C=O) groups is 1. The zero-order valence-electron chi connectivity index (χ0n) is 11.8. The molecule has 0 aliphatic carbocycles. The molecule has 0 saturated heterocycles. The molecule has 1 N–H and O–H groups in total. The Morgan fingerprint density at radius 1 is 1.50 bits per heavy atom. The lowest BCUT2D eigenvalue weighted by Crippen LogP contribution is -2.24. The third kappa shape index (κ3) is 4.75. The minimum atomic E-state index is -0.398. The van der Waals surface area contributed by atoms with Crippen molar-refractivity contribution in [3.05, 3.63) is 46.2 Å². The van der Waals surface area contributed by atoms with Crippen LogP contribution in [0.5, 0.6) is 5.75 Å². The maximum atomic E-state index is 11.6. The molecule has 0 saturated carbocycles. The minimum absolute atomic E-state index is 0.201. The molecule has 6 nitrogen and oxygen atoms in total. The Kier molecular flexibility index (Phi) is 5.80. The van der Waals surface area contributed by atoms with Crippen molar-refractivity contribution in [3.63, 3.8) is 0 Å². The number of halogens is 2. The van der Waals surface area contributed by atoms with Crippen molar-refractivity contribution in [3.8, 4) is 5.75 Å². The van der Waals surface area contributed by atoms with Gasteiger partial charge in [0.2, 0.25) is 0 Å². The maximum absolute atomic E-state index is 11.6. The summed E-state index contributed by atoms with van der Waals surface area (Å²) in [7, 11) is 0. The van der Waals surface area contributed by atoms with Gasteiger partial charge in [0.25, 0.3) is 5.91 Å². The maximum Gasteiger partial charge on any atom is 0.277 e. The van der Waals surface area contributed by atoms with Crippen LogP contribution in [0.4, 0.5) is 0 Å². The largest absolute Gasteiger partial charge is 0.482 e. The number of hydrazone groups is 1. The van der Waals surface area contributed by atoms with Crippen LogP contribution in [0.1, 0.15) is 12.5 Å². The number of rotatable bonds is 6. The van der Waals surface area contributed by atoms with Gasteiger partial charge in [0, 0.05) is 23.3 Å². The quantitative estimate of drug-likeness (QED) is 0.649. The van der Waals surface area contributed by atoms with E-state index in [1.165, 1.54) is 6.21 Å². The SMILES string of the molecule is CCn1cc(C=NNC(=O)COc2ccc(Cl)cc2Cl)cn1. The summed E-state index contributed by atoms with van der Waals surface area (Å²) in [4.78, 5) is 11.6. The van der Waals surface area contributed by atoms with Crippen LogP contribution in [0.25, 0.3) is 0 Å². The molecule has 2 rings (SSSR count). The molecular weight excluding hydrogens is 327 g/mol. The molecule has 8 heteroatoms. The summed E-state index contributed by atoms with van der Waals surface area (Å²) >= 11 is 11.7. The average molecular weight is 341 g/mol. The highest BCUT2D eigenvalue weighted by molar-refractivity contribution is 6.35. The van der Waals surface area contributed by atoms with E-state index >= 15 is 0 Å². The number of aryl methyl sites for hydroxylation is 1. The van der Waals surface area contributed by atoms with Gasteiger partial charge in [0.05, 0.1) is 17.4 Å². The van der Waals surface area contributed by atoms with E-state index in [1.807, 2.05) is 13.1 Å². The molecule has 1 heterocycles. The monoisotopic (exact) mass is 340 g/mol. The van der Waals surface area contributed by atoms with E-state index < -0.39 is 5.91 Å². The molecule has 1 aromatic carbocycles. The van der Waals surface area contributed by atoms with Gasteiger partial charge < -0.3 is 4.74 Å². The summed E-state index contributed by atoms with van der Waals surface area (Å²) in [5, 5.41) is 8.76. The van der Waals surface area contributed by atoms with E-state index in [1.54, 1.807) is 29.1 Å². The third-order valence-corrected chi connectivity index (χ3v) is 3.16. The second-order valence-corrected chi connectivity index (χ2v) is 5.13. The Labute approximate surface area is 137 Å². The number of benzene rings is 1. The lowest BCUT2D eigenvalue weighted by molar-refractivity contribution is -0.123. The number of hydrogen-bond donors (Lipinski definition) is 1. The first-order valence-corrected chi connectivity index (χ1v) is 7.26. The second-order valence-electron chi connectivity index (χ2n) is 4.29. The Bertz CT molecular complexity index is 685. The van der Waals surface area contributed by atoms with Crippen LogP contribution in [0.3, 0.4) is 0 Å². The van der Waals surface area contributed by atoms with Gasteiger partial charge >= 0.3 is 0 Å². The Morgan fingerprint density at radius 3 is 3.00 bits per heavy atom. The van der Waals surface area contributed by atoms with Crippen molar-refractivity contribution in [2.24, 2.45) is 5.10 Å². The van der Waals surface area contributed by atoms with Gasteiger partial charge in [-0.05, 0) is 25.1 Å². The first-order valence-electron chi connectivity index (χ1n) is 6.50. The van der Waals surface area contributed by atoms with Gasteiger partial charge in [0.1, 0.15) is 5.75 Å². The first kappa shape index (κ1) is 16.3. The summed E-state index contributed by atoms with van der Waals surface area (Å²) in [6, 6.07) is 4.77. The Balaban J connectivity index is 1.80. The van der Waals surface area contributed by atoms with Crippen LogP contribution >= 0.6 is 23.2 Å². The van der Waals surface area contributed by atoms with Crippen molar-refractivity contribution in [1.29, 1.82) is 0 Å². The van der Waals surface area contributed by atoms with Crippen LogP contribution in [-0.4, -0.2) is 28.5 Å². The van der Waals surface area contributed by atoms with Gasteiger partial charge in [-0.3, -0.25) is 9.48 Å². The predicted octanol–water partition coefficient (Wildman–Crippen LogP) is 2.74. The van der Waals surface area contributed by atoms with Crippen LogP contribution < -0.4 is 10.2 Å². The highest BCUT2D eigenvalue weighted by atomic mass is 35.5. The average Bonchev–Trinajstić information content (AvgIpc) is 2.94. The van der Waals surface area contributed by atoms with E-state index in [0.717, 1.165) is 12.1 Å². The van der Waals surface area contributed by atoms with Crippen LogP contribution in [0, 0.1) is 0 Å². The fourth-order valence-corrected chi connectivity index (χ4v) is 2.03. The lowest BCUT2D eigenvalue weighted by atomic mass is 10.3. The molecule has 1 aromatic heterocycles. The van der Waals surface area contributed by atoms with E-state index in [0.29, 0.717) is 15.8 Å². The van der Waals surface area contributed by atoms with Gasteiger partial charge in [0.15, 0.2) is 6.61 Å². The second kappa shape index (κ2) is 7.82. The summed E-state index contributed by atoms with van der Waals surface area (Å²) in [6.07, 6.45) is 4.98. The number of nitrogens with zero attached hydrogens (tertiary/aromatic N) is 3. The van der Waals surface area contributed by atoms with Crippen molar-refractivity contribution in [2.45, 2.75) is 13.5 Å². The Hall–Kier alpha value is -2.05. The zero-order valence-corrected chi connectivity index (χ0v) is 13.3. The standard InChI is InChI=1S/C14H14Cl2N4O2/c1-2-20-8-10(7-18-20)6-17-19-14(21)9-22-13-4-3-11(15)5-12(13)16/h3-8H,2,9H2,1H3,(H,19,21). The topological polar surface area (TPSA) is 68.5 Å². The predicted molar refractivity (Wildman–Crippen MR) is 85.6 cm³/mol. The van der Waals surface area contributed by atoms with Gasteiger partial charge in [-0.1, -0.05) is 23.2 Å². The van der Waals surface area contributed by atoms with Crippen molar-refractivity contribution >= 4 is 35.3 Å². The summed E-state index contributed by atoms with van der Waals surface area (Å²) in [5.74, 6) is -0.0143. The molecule has 0 aliphatic heterocycles. The molecule has 0 fully saturated rings. The van der Waals surface area contributed by atoms with Crippen molar-refractivity contribution in [2.75, 3.05) is 6.61 Å². The smallest absolute Gasteiger partial charge is 0.277 e. The molecule has 0 atom stereocenters. The van der Waals surface area contributed by atoms with Crippen molar-refractivity contribution < 1.29 is 9.53 Å². The molecule has 0 unspecified atom stereocenters. The molecular formula is C14H14Cl2N4O2. The molecule has 0 radical (unpaired) electrons. The molecule has 0 spiro atoms. The minimum Gasteiger partial charge on any atom is -0.482 e. The number of carbonyl (C=O) groups excluding carboxylic acids is 1. The number of amides is 1. The number of ether oxygens (including phenoxy) is 1. The van der Waals surface area contributed by atoms with E-state index in [2.05, 4.69) is 15.6 Å². The highest BCUT2D eigenvalue weighted by Crippen LogP contribution is 2.27. The van der Waals surface area contributed by atoms with Crippen LogP contribution in [0.2, 0.25) is 10.0 Å². The lowest BCUT2D eigenvalue weighted by Gasteiger charge is -2.06. The fraction of sp³-hybridized carbons (Fsp3) is 0.214. The van der Waals surface area contributed by atoms with E-state index in [-0.39, 0.29) is 6.61 Å². The normalized spacial score (nSPS) is 10.9. The molecule has 22 heavy (non-hydrogen) atoms. The van der Waals surface area contributed by atoms with E-state index in [9.17, 15) is 4.79 Å². The first-order chi connectivity index (χ1) is 10.6. The number of nitrogens with one attached hydrogen (secondary N) is 1. The molecule has 0 aliphatic rings. The fourth-order valence-electron chi connectivity index (χ4n) is 1.57. The van der Waals surface area contributed by atoms with E-state index in [4.69, 9.17) is 27.9 Å². The van der Waals surface area contributed by atoms with Crippen molar-refractivity contribution in [1.82, 2.24) is 15.2 Å². The summed E-state index contributed by atoms with van der Waals surface area (Å²) < 4.78 is 7.04. The number of hydrogen-bond acceptors (Lipinski definition) is 4. The molecule has 116 valence electrons. The van der Waals surface area contributed by atoms with Gasteiger partial charge in [-0.15, -0.1) is 0 Å². The van der Waals surface area contributed by atoms with Gasteiger partial charge in [-0.25, -0.2) is 5.43 Å². The third-order valence-electron chi connectivity index (χ3n) is 2.63. The highest BCUT2D eigenvalue weighted by Gasteiger charge is 2.05. The summed E-state index contributed by atoms with van der Waals surface area (Å²) in [6.45, 7) is 2.55. The summed E-state index contributed by atoms with van der Waals surface area (Å²) in [5.41, 5.74) is 3.15. The van der Waals surface area contributed by atoms with Crippen LogP contribution in [0.15, 0.2) is 35.7 Å². The zero-order chi connectivity index (χ0) is 15.9. The number of aromatic nitrogens is 2. The Morgan fingerprint density at radius 2 is 2.32 bits per heavy atom. The van der Waals surface area contributed by atoms with Gasteiger partial charge in [-0.2, -0.15) is 10.2 Å². The molecule has 0 bridgehead atoms. The molecule has 1 amide bonds. The van der Waals surface area contributed by atoms with Crippen LogP contribution in [-0.2, 0) is 11.3 Å². The molecule has 2 aromatic rings.